The van der Waals surface area contributed by atoms with Crippen molar-refractivity contribution in [3.63, 3.8) is 0 Å². The molecule has 1 aromatic rings. The molecule has 0 radical (unpaired) electrons. The van der Waals surface area contributed by atoms with Gasteiger partial charge in [0.25, 0.3) is 0 Å². The molecule has 0 saturated carbocycles. The van der Waals surface area contributed by atoms with Crippen LogP contribution in [0.1, 0.15) is 24.6 Å². The van der Waals surface area contributed by atoms with Gasteiger partial charge in [0.15, 0.2) is 0 Å². The molecule has 0 aliphatic heterocycles. The van der Waals surface area contributed by atoms with Gasteiger partial charge in [-0.1, -0.05) is 6.08 Å². The highest BCUT2D eigenvalue weighted by Crippen LogP contribution is 2.06. The van der Waals surface area contributed by atoms with E-state index >= 15 is 0 Å². The normalized spacial score (nSPS) is 12.1. The van der Waals surface area contributed by atoms with Crippen molar-refractivity contribution in [3.8, 4) is 6.07 Å². The molecule has 1 atom stereocenters. The lowest BCUT2D eigenvalue weighted by Gasteiger charge is -2.09. The van der Waals surface area contributed by atoms with Crippen LogP contribution in [-0.4, -0.2) is 10.6 Å². The zero-order chi connectivity index (χ0) is 11.3. The molecule has 1 unspecified atom stereocenters. The molecule has 0 bridgehead atoms. The van der Waals surface area contributed by atoms with Crippen LogP contribution in [-0.2, 0) is 13.6 Å². The number of nitrogens with one attached hydrogen (secondary N) is 1. The maximum Gasteiger partial charge on any atom is 0.120 e. The minimum Gasteiger partial charge on any atom is -0.342 e. The summed E-state index contributed by atoms with van der Waals surface area (Å²) in [5.74, 6) is 0. The van der Waals surface area contributed by atoms with Gasteiger partial charge in [-0.15, -0.1) is 6.58 Å². The number of nitriles is 1. The number of aromatic nitrogens is 1. The molecular weight excluding hydrogens is 186 g/mol. The molecule has 0 aliphatic carbocycles. The molecule has 0 saturated heterocycles. The van der Waals surface area contributed by atoms with E-state index in [1.807, 2.05) is 30.0 Å². The number of aryl methyl sites for hydroxylation is 1. The second-order valence-electron chi connectivity index (χ2n) is 3.76. The van der Waals surface area contributed by atoms with Crippen LogP contribution in [0.15, 0.2) is 24.9 Å². The van der Waals surface area contributed by atoms with Gasteiger partial charge >= 0.3 is 0 Å². The molecular formula is C12H17N3. The zero-order valence-corrected chi connectivity index (χ0v) is 9.33. The number of hydrogen-bond acceptors (Lipinski definition) is 2. The van der Waals surface area contributed by atoms with Crippen LogP contribution < -0.4 is 5.32 Å². The van der Waals surface area contributed by atoms with Gasteiger partial charge in [-0.25, -0.2) is 0 Å². The van der Waals surface area contributed by atoms with Crippen LogP contribution in [0.25, 0.3) is 0 Å². The smallest absolute Gasteiger partial charge is 0.120 e. The Morgan fingerprint density at radius 3 is 3.00 bits per heavy atom. The molecule has 0 fully saturated rings. The van der Waals surface area contributed by atoms with E-state index in [4.69, 9.17) is 5.26 Å². The average Bonchev–Trinajstić information content (AvgIpc) is 2.56. The van der Waals surface area contributed by atoms with Crippen LogP contribution in [0.3, 0.4) is 0 Å². The molecule has 1 heterocycles. The highest BCUT2D eigenvalue weighted by molar-refractivity contribution is 5.28. The largest absolute Gasteiger partial charge is 0.342 e. The van der Waals surface area contributed by atoms with Crippen LogP contribution >= 0.6 is 0 Å². The van der Waals surface area contributed by atoms with Crippen molar-refractivity contribution in [2.75, 3.05) is 0 Å². The topological polar surface area (TPSA) is 40.8 Å². The van der Waals surface area contributed by atoms with Gasteiger partial charge < -0.3 is 9.88 Å². The van der Waals surface area contributed by atoms with E-state index in [-0.39, 0.29) is 0 Å². The first-order valence-corrected chi connectivity index (χ1v) is 5.07. The van der Waals surface area contributed by atoms with Gasteiger partial charge in [-0.2, -0.15) is 5.26 Å². The molecule has 1 aromatic heterocycles. The SMILES string of the molecule is C=CCC(C)NCc1cc(C#N)n(C)c1. The fourth-order valence-electron chi connectivity index (χ4n) is 1.47. The van der Waals surface area contributed by atoms with E-state index in [1.165, 1.54) is 0 Å². The van der Waals surface area contributed by atoms with Gasteiger partial charge in [0.1, 0.15) is 11.8 Å². The van der Waals surface area contributed by atoms with E-state index in [1.54, 1.807) is 0 Å². The van der Waals surface area contributed by atoms with E-state index in [2.05, 4.69) is 24.9 Å². The zero-order valence-electron chi connectivity index (χ0n) is 9.33. The summed E-state index contributed by atoms with van der Waals surface area (Å²) in [7, 11) is 1.88. The predicted octanol–water partition coefficient (Wildman–Crippen LogP) is 1.95. The number of hydrogen-bond donors (Lipinski definition) is 1. The van der Waals surface area contributed by atoms with Crippen LogP contribution in [0.5, 0.6) is 0 Å². The summed E-state index contributed by atoms with van der Waals surface area (Å²) >= 11 is 0. The Balaban J connectivity index is 2.51. The van der Waals surface area contributed by atoms with Crippen molar-refractivity contribution >= 4 is 0 Å². The Morgan fingerprint density at radius 1 is 1.73 bits per heavy atom. The molecule has 0 aliphatic rings. The molecule has 0 spiro atoms. The molecule has 80 valence electrons. The third-order valence-corrected chi connectivity index (χ3v) is 2.35. The second-order valence-corrected chi connectivity index (χ2v) is 3.76. The Labute approximate surface area is 91.0 Å². The van der Waals surface area contributed by atoms with Crippen molar-refractivity contribution in [1.29, 1.82) is 5.26 Å². The quantitative estimate of drug-likeness (QED) is 0.743. The minimum atomic E-state index is 0.424. The maximum absolute atomic E-state index is 8.79. The fraction of sp³-hybridized carbons (Fsp3) is 0.417. The van der Waals surface area contributed by atoms with Gasteiger partial charge in [-0.05, 0) is 25.0 Å². The first-order chi connectivity index (χ1) is 7.17. The lowest BCUT2D eigenvalue weighted by molar-refractivity contribution is 0.553. The Bertz CT molecular complexity index is 371. The summed E-state index contributed by atoms with van der Waals surface area (Å²) < 4.78 is 1.84. The summed E-state index contributed by atoms with van der Waals surface area (Å²) in [5.41, 5.74) is 1.84. The fourth-order valence-corrected chi connectivity index (χ4v) is 1.47. The van der Waals surface area contributed by atoms with Gasteiger partial charge in [0.05, 0.1) is 0 Å². The van der Waals surface area contributed by atoms with Crippen LogP contribution in [0.2, 0.25) is 0 Å². The molecule has 3 heteroatoms. The van der Waals surface area contributed by atoms with Gasteiger partial charge in [0.2, 0.25) is 0 Å². The molecule has 1 rings (SSSR count). The van der Waals surface area contributed by atoms with E-state index in [0.29, 0.717) is 11.7 Å². The van der Waals surface area contributed by atoms with Gasteiger partial charge in [0, 0.05) is 25.8 Å². The van der Waals surface area contributed by atoms with Crippen molar-refractivity contribution < 1.29 is 0 Å². The van der Waals surface area contributed by atoms with Crippen LogP contribution in [0.4, 0.5) is 0 Å². The number of nitrogens with zero attached hydrogens (tertiary/aromatic N) is 2. The summed E-state index contributed by atoms with van der Waals surface area (Å²) in [5, 5.41) is 12.2. The Morgan fingerprint density at radius 2 is 2.47 bits per heavy atom. The van der Waals surface area contributed by atoms with E-state index < -0.39 is 0 Å². The average molecular weight is 203 g/mol. The highest BCUT2D eigenvalue weighted by atomic mass is 14.9. The number of rotatable bonds is 5. The van der Waals surface area contributed by atoms with E-state index in [0.717, 1.165) is 18.5 Å². The molecule has 0 amide bonds. The minimum absolute atomic E-state index is 0.424. The monoisotopic (exact) mass is 203 g/mol. The molecule has 3 nitrogen and oxygen atoms in total. The summed E-state index contributed by atoms with van der Waals surface area (Å²) in [6.07, 6.45) is 4.84. The predicted molar refractivity (Wildman–Crippen MR) is 61.2 cm³/mol. The lowest BCUT2D eigenvalue weighted by atomic mass is 10.2. The first-order valence-electron chi connectivity index (χ1n) is 5.07. The van der Waals surface area contributed by atoms with Crippen molar-refractivity contribution in [1.82, 2.24) is 9.88 Å². The maximum atomic E-state index is 8.79. The summed E-state index contributed by atoms with van der Waals surface area (Å²) in [6.45, 7) is 6.62. The van der Waals surface area contributed by atoms with Crippen molar-refractivity contribution in [2.24, 2.45) is 7.05 Å². The summed E-state index contributed by atoms with van der Waals surface area (Å²) in [4.78, 5) is 0. The van der Waals surface area contributed by atoms with Gasteiger partial charge in [-0.3, -0.25) is 0 Å². The standard InChI is InChI=1S/C12H17N3/c1-4-5-10(2)14-8-11-6-12(7-13)15(3)9-11/h4,6,9-10,14H,1,5,8H2,2-3H3. The highest BCUT2D eigenvalue weighted by Gasteiger charge is 2.03. The van der Waals surface area contributed by atoms with E-state index in [9.17, 15) is 0 Å². The molecule has 0 aromatic carbocycles. The Hall–Kier alpha value is -1.53. The van der Waals surface area contributed by atoms with Crippen molar-refractivity contribution in [2.45, 2.75) is 25.9 Å². The van der Waals surface area contributed by atoms with Crippen LogP contribution in [0, 0.1) is 11.3 Å². The second kappa shape index (κ2) is 5.38. The third kappa shape index (κ3) is 3.26. The third-order valence-electron chi connectivity index (χ3n) is 2.35. The summed E-state index contributed by atoms with van der Waals surface area (Å²) in [6, 6.07) is 4.48. The molecule has 15 heavy (non-hydrogen) atoms. The van der Waals surface area contributed by atoms with Crippen molar-refractivity contribution in [3.05, 3.63) is 36.2 Å². The molecule has 1 N–H and O–H groups in total. The lowest BCUT2D eigenvalue weighted by Crippen LogP contribution is -2.24. The first kappa shape index (κ1) is 11.5. The Kier molecular flexibility index (Phi) is 4.14.